The van der Waals surface area contributed by atoms with E-state index in [4.69, 9.17) is 5.73 Å². The molecule has 0 aliphatic heterocycles. The van der Waals surface area contributed by atoms with Gasteiger partial charge < -0.3 is 11.1 Å². The van der Waals surface area contributed by atoms with E-state index in [0.717, 1.165) is 0 Å². The van der Waals surface area contributed by atoms with E-state index in [0.29, 0.717) is 18.7 Å². The Bertz CT molecular complexity index is 637. The molecule has 1 heterocycles. The Morgan fingerprint density at radius 3 is 2.62 bits per heavy atom. The number of carbonyl (C=O) groups excluding carboxylic acids is 2. The molecule has 0 aliphatic rings. The summed E-state index contributed by atoms with van der Waals surface area (Å²) in [7, 11) is 0. The van der Waals surface area contributed by atoms with Gasteiger partial charge in [-0.25, -0.2) is 9.07 Å². The Morgan fingerprint density at radius 2 is 1.95 bits per heavy atom. The van der Waals surface area contributed by atoms with Crippen LogP contribution in [0.15, 0.2) is 36.5 Å². The predicted molar refractivity (Wildman–Crippen MR) is 74.3 cm³/mol. The number of carbonyl (C=O) groups is 2. The van der Waals surface area contributed by atoms with Crippen LogP contribution in [0, 0.1) is 5.82 Å². The summed E-state index contributed by atoms with van der Waals surface area (Å²) in [5.74, 6) is -1.07. The van der Waals surface area contributed by atoms with E-state index >= 15 is 0 Å². The van der Waals surface area contributed by atoms with E-state index in [-0.39, 0.29) is 23.8 Å². The third-order valence-electron chi connectivity index (χ3n) is 2.80. The van der Waals surface area contributed by atoms with Gasteiger partial charge in [0, 0.05) is 19.2 Å². The van der Waals surface area contributed by atoms with Crippen molar-refractivity contribution in [2.75, 3.05) is 6.54 Å². The summed E-state index contributed by atoms with van der Waals surface area (Å²) in [6, 6.07) is 7.34. The molecule has 2 amide bonds. The van der Waals surface area contributed by atoms with Crippen molar-refractivity contribution < 1.29 is 14.0 Å². The molecule has 6 nitrogen and oxygen atoms in total. The van der Waals surface area contributed by atoms with Crippen molar-refractivity contribution in [1.82, 2.24) is 15.1 Å². The third kappa shape index (κ3) is 4.13. The fourth-order valence-electron chi connectivity index (χ4n) is 1.74. The lowest BCUT2D eigenvalue weighted by Crippen LogP contribution is -2.26. The lowest BCUT2D eigenvalue weighted by atomic mass is 10.3. The number of nitrogens with one attached hydrogen (secondary N) is 1. The minimum absolute atomic E-state index is 0.226. The van der Waals surface area contributed by atoms with Crippen LogP contribution in [0.4, 0.5) is 4.39 Å². The number of nitrogens with zero attached hydrogens (tertiary/aromatic N) is 2. The summed E-state index contributed by atoms with van der Waals surface area (Å²) in [5.41, 5.74) is 5.91. The van der Waals surface area contributed by atoms with Gasteiger partial charge in [0.2, 0.25) is 5.91 Å². The molecular weight excluding hydrogens is 275 g/mol. The van der Waals surface area contributed by atoms with Crippen LogP contribution in [-0.2, 0) is 4.79 Å². The quantitative estimate of drug-likeness (QED) is 0.778. The maximum absolute atomic E-state index is 12.8. The number of rotatable bonds is 6. The van der Waals surface area contributed by atoms with Crippen LogP contribution in [-0.4, -0.2) is 28.1 Å². The highest BCUT2D eigenvalue weighted by Crippen LogP contribution is 2.08. The Balaban J connectivity index is 1.94. The molecule has 2 rings (SSSR count). The Morgan fingerprint density at radius 1 is 1.24 bits per heavy atom. The monoisotopic (exact) mass is 290 g/mol. The summed E-state index contributed by atoms with van der Waals surface area (Å²) in [4.78, 5) is 22.4. The first-order valence-corrected chi connectivity index (χ1v) is 6.44. The largest absolute Gasteiger partial charge is 0.370 e. The number of primary amides is 1. The molecule has 0 saturated carbocycles. The minimum atomic E-state index is -0.398. The van der Waals surface area contributed by atoms with Crippen LogP contribution in [0.3, 0.4) is 0 Å². The molecule has 3 N–H and O–H groups in total. The first-order valence-electron chi connectivity index (χ1n) is 6.44. The molecule has 7 heteroatoms. The topological polar surface area (TPSA) is 90.0 Å². The minimum Gasteiger partial charge on any atom is -0.370 e. The fourth-order valence-corrected chi connectivity index (χ4v) is 1.74. The standard InChI is InChI=1S/C14H15FN4O2/c15-10-3-5-11(6-4-10)19-9-7-12(18-19)14(21)17-8-1-2-13(16)20/h3-7,9H,1-2,8H2,(H2,16,20)(H,17,21). The van der Waals surface area contributed by atoms with Crippen molar-refractivity contribution >= 4 is 11.8 Å². The van der Waals surface area contributed by atoms with Gasteiger partial charge in [-0.3, -0.25) is 9.59 Å². The summed E-state index contributed by atoms with van der Waals surface area (Å²) in [6.45, 7) is 0.352. The highest BCUT2D eigenvalue weighted by Gasteiger charge is 2.09. The zero-order valence-electron chi connectivity index (χ0n) is 11.3. The van der Waals surface area contributed by atoms with Crippen LogP contribution in [0.25, 0.3) is 5.69 Å². The van der Waals surface area contributed by atoms with Crippen molar-refractivity contribution in [2.45, 2.75) is 12.8 Å². The lowest BCUT2D eigenvalue weighted by molar-refractivity contribution is -0.118. The molecule has 0 atom stereocenters. The molecule has 0 saturated heterocycles. The van der Waals surface area contributed by atoms with E-state index in [1.165, 1.54) is 16.8 Å². The van der Waals surface area contributed by atoms with E-state index < -0.39 is 5.91 Å². The van der Waals surface area contributed by atoms with E-state index in [1.54, 1.807) is 24.4 Å². The smallest absolute Gasteiger partial charge is 0.271 e. The molecule has 2 aromatic rings. The average molecular weight is 290 g/mol. The molecule has 0 bridgehead atoms. The van der Waals surface area contributed by atoms with Crippen LogP contribution < -0.4 is 11.1 Å². The molecule has 0 aliphatic carbocycles. The van der Waals surface area contributed by atoms with Crippen molar-refractivity contribution in [3.63, 3.8) is 0 Å². The van der Waals surface area contributed by atoms with Crippen molar-refractivity contribution in [1.29, 1.82) is 0 Å². The molecule has 0 unspecified atom stereocenters. The molecular formula is C14H15FN4O2. The third-order valence-corrected chi connectivity index (χ3v) is 2.80. The first kappa shape index (κ1) is 14.7. The Labute approximate surface area is 120 Å². The highest BCUT2D eigenvalue weighted by atomic mass is 19.1. The van der Waals surface area contributed by atoms with E-state index in [2.05, 4.69) is 10.4 Å². The normalized spacial score (nSPS) is 10.3. The number of aromatic nitrogens is 2. The number of hydrogen-bond acceptors (Lipinski definition) is 3. The molecule has 110 valence electrons. The van der Waals surface area contributed by atoms with Crippen LogP contribution in [0.1, 0.15) is 23.3 Å². The van der Waals surface area contributed by atoms with Gasteiger partial charge in [-0.2, -0.15) is 5.10 Å². The number of halogens is 1. The van der Waals surface area contributed by atoms with Crippen LogP contribution in [0.5, 0.6) is 0 Å². The van der Waals surface area contributed by atoms with Crippen molar-refractivity contribution in [3.8, 4) is 5.69 Å². The fraction of sp³-hybridized carbons (Fsp3) is 0.214. The second kappa shape index (κ2) is 6.65. The van der Waals surface area contributed by atoms with E-state index in [1.807, 2.05) is 0 Å². The van der Waals surface area contributed by atoms with Gasteiger partial charge in [-0.05, 0) is 36.8 Å². The molecule has 1 aromatic carbocycles. The Hall–Kier alpha value is -2.70. The van der Waals surface area contributed by atoms with Crippen molar-refractivity contribution in [2.24, 2.45) is 5.73 Å². The van der Waals surface area contributed by atoms with Crippen molar-refractivity contribution in [3.05, 3.63) is 48.0 Å². The number of benzene rings is 1. The van der Waals surface area contributed by atoms with Gasteiger partial charge >= 0.3 is 0 Å². The second-order valence-corrected chi connectivity index (χ2v) is 4.45. The van der Waals surface area contributed by atoms with Gasteiger partial charge in [0.15, 0.2) is 5.69 Å². The maximum Gasteiger partial charge on any atom is 0.271 e. The van der Waals surface area contributed by atoms with Gasteiger partial charge in [0.1, 0.15) is 5.82 Å². The van der Waals surface area contributed by atoms with Gasteiger partial charge in [-0.15, -0.1) is 0 Å². The molecule has 0 spiro atoms. The number of nitrogens with two attached hydrogens (primary N) is 1. The van der Waals surface area contributed by atoms with Gasteiger partial charge in [0.25, 0.3) is 5.91 Å². The number of amides is 2. The summed E-state index contributed by atoms with van der Waals surface area (Å²) in [5, 5.41) is 6.76. The van der Waals surface area contributed by atoms with Gasteiger partial charge in [0.05, 0.1) is 5.69 Å². The summed E-state index contributed by atoms with van der Waals surface area (Å²) < 4.78 is 14.3. The first-order chi connectivity index (χ1) is 10.1. The van der Waals surface area contributed by atoms with Gasteiger partial charge in [-0.1, -0.05) is 0 Å². The Kier molecular flexibility index (Phi) is 4.65. The predicted octanol–water partition coefficient (Wildman–Crippen LogP) is 1.01. The average Bonchev–Trinajstić information content (AvgIpc) is 2.94. The second-order valence-electron chi connectivity index (χ2n) is 4.45. The number of hydrogen-bond donors (Lipinski definition) is 2. The summed E-state index contributed by atoms with van der Waals surface area (Å²) in [6.07, 6.45) is 2.33. The SMILES string of the molecule is NC(=O)CCCNC(=O)c1ccn(-c2ccc(F)cc2)n1. The lowest BCUT2D eigenvalue weighted by Gasteiger charge is -2.02. The zero-order chi connectivity index (χ0) is 15.2. The molecule has 21 heavy (non-hydrogen) atoms. The molecule has 1 aromatic heterocycles. The zero-order valence-corrected chi connectivity index (χ0v) is 11.3. The molecule has 0 radical (unpaired) electrons. The maximum atomic E-state index is 12.8. The highest BCUT2D eigenvalue weighted by molar-refractivity contribution is 5.92. The molecule has 0 fully saturated rings. The summed E-state index contributed by atoms with van der Waals surface area (Å²) >= 11 is 0. The van der Waals surface area contributed by atoms with E-state index in [9.17, 15) is 14.0 Å². The van der Waals surface area contributed by atoms with Crippen LogP contribution >= 0.6 is 0 Å². The van der Waals surface area contributed by atoms with Crippen LogP contribution in [0.2, 0.25) is 0 Å².